The molecule has 0 spiro atoms. The van der Waals surface area contributed by atoms with Gasteiger partial charge in [0.05, 0.1) is 5.56 Å². The SMILES string of the molecule is CC(C)[Si](Oc1ccc2c(c1)CCC(Br)=C2c1c(F)cc(O)cc1F)(C(C)C)C(C)C. The molecular weight excluding hydrogens is 478 g/mol. The standard InChI is InChI=1S/C25H31BrF2O2Si/c1-14(2)31(15(3)4,16(5)6)30-19-8-9-20-17(11-19)7-10-21(26)24(20)25-22(27)12-18(29)13-23(25)28/h8-9,11-16,29H,7,10H2,1-6H3. The Kier molecular flexibility index (Phi) is 7.01. The summed E-state index contributed by atoms with van der Waals surface area (Å²) in [6.45, 7) is 13.5. The van der Waals surface area contributed by atoms with Gasteiger partial charge in [0.1, 0.15) is 23.1 Å². The van der Waals surface area contributed by atoms with Crippen molar-refractivity contribution in [1.82, 2.24) is 0 Å². The summed E-state index contributed by atoms with van der Waals surface area (Å²) in [7, 11) is -2.10. The molecule has 0 atom stereocenters. The van der Waals surface area contributed by atoms with Crippen LogP contribution in [0.1, 0.15) is 64.7 Å². The fourth-order valence-electron chi connectivity index (χ4n) is 5.23. The zero-order valence-electron chi connectivity index (χ0n) is 19.0. The van der Waals surface area contributed by atoms with Crippen LogP contribution in [0.2, 0.25) is 16.6 Å². The molecule has 2 aromatic rings. The molecule has 0 aliphatic heterocycles. The Bertz CT molecular complexity index is 970. The number of fused-ring (bicyclic) bond motifs is 1. The van der Waals surface area contributed by atoms with Gasteiger partial charge in [-0.1, -0.05) is 63.5 Å². The van der Waals surface area contributed by atoms with Crippen molar-refractivity contribution in [2.75, 3.05) is 0 Å². The van der Waals surface area contributed by atoms with E-state index in [0.29, 0.717) is 28.6 Å². The van der Waals surface area contributed by atoms with Gasteiger partial charge in [0.25, 0.3) is 8.32 Å². The summed E-state index contributed by atoms with van der Waals surface area (Å²) in [4.78, 5) is 0. The lowest BCUT2D eigenvalue weighted by Crippen LogP contribution is -2.50. The van der Waals surface area contributed by atoms with Gasteiger partial charge in [0, 0.05) is 22.2 Å². The van der Waals surface area contributed by atoms with Crippen molar-refractivity contribution in [3.05, 3.63) is 63.1 Å². The fraction of sp³-hybridized carbons (Fsp3) is 0.440. The van der Waals surface area contributed by atoms with E-state index in [2.05, 4.69) is 57.5 Å². The smallest absolute Gasteiger partial charge is 0.258 e. The van der Waals surface area contributed by atoms with Crippen molar-refractivity contribution in [2.24, 2.45) is 0 Å². The molecule has 168 valence electrons. The third kappa shape index (κ3) is 4.33. The summed E-state index contributed by atoms with van der Waals surface area (Å²) in [5.41, 5.74) is 3.55. The molecule has 0 unspecified atom stereocenters. The Morgan fingerprint density at radius 1 is 0.903 bits per heavy atom. The van der Waals surface area contributed by atoms with E-state index >= 15 is 0 Å². The van der Waals surface area contributed by atoms with E-state index in [1.165, 1.54) is 0 Å². The minimum absolute atomic E-state index is 0.116. The lowest BCUT2D eigenvalue weighted by atomic mass is 9.86. The van der Waals surface area contributed by atoms with E-state index in [0.717, 1.165) is 39.9 Å². The monoisotopic (exact) mass is 508 g/mol. The lowest BCUT2D eigenvalue weighted by Gasteiger charge is -2.42. The molecule has 31 heavy (non-hydrogen) atoms. The highest BCUT2D eigenvalue weighted by Gasteiger charge is 2.47. The Labute approximate surface area is 193 Å². The Morgan fingerprint density at radius 3 is 1.97 bits per heavy atom. The van der Waals surface area contributed by atoms with Gasteiger partial charge in [-0.05, 0) is 52.7 Å². The predicted octanol–water partition coefficient (Wildman–Crippen LogP) is 8.33. The molecule has 6 heteroatoms. The zero-order chi connectivity index (χ0) is 23.1. The Balaban J connectivity index is 2.08. The van der Waals surface area contributed by atoms with E-state index in [4.69, 9.17) is 4.43 Å². The molecule has 0 bridgehead atoms. The summed E-state index contributed by atoms with van der Waals surface area (Å²) in [5.74, 6) is -1.13. The van der Waals surface area contributed by atoms with Crippen LogP contribution < -0.4 is 4.43 Å². The molecule has 1 aliphatic carbocycles. The van der Waals surface area contributed by atoms with E-state index in [9.17, 15) is 13.9 Å². The van der Waals surface area contributed by atoms with Gasteiger partial charge in [-0.3, -0.25) is 0 Å². The van der Waals surface area contributed by atoms with Crippen LogP contribution in [0, 0.1) is 11.6 Å². The number of benzene rings is 2. The van der Waals surface area contributed by atoms with E-state index in [1.54, 1.807) is 0 Å². The van der Waals surface area contributed by atoms with E-state index in [1.807, 2.05) is 18.2 Å². The number of halogens is 3. The van der Waals surface area contributed by atoms with Crippen molar-refractivity contribution < 1.29 is 18.3 Å². The molecule has 1 N–H and O–H groups in total. The van der Waals surface area contributed by atoms with Gasteiger partial charge in [-0.15, -0.1) is 0 Å². The molecule has 2 nitrogen and oxygen atoms in total. The second kappa shape index (κ2) is 9.06. The summed E-state index contributed by atoms with van der Waals surface area (Å²) < 4.78 is 36.9. The van der Waals surface area contributed by atoms with Crippen molar-refractivity contribution in [3.8, 4) is 11.5 Å². The van der Waals surface area contributed by atoms with E-state index < -0.39 is 25.7 Å². The number of phenolic OH excluding ortho intramolecular Hbond substituents is 1. The Morgan fingerprint density at radius 2 is 1.45 bits per heavy atom. The number of allylic oxidation sites excluding steroid dienone is 1. The number of phenols is 1. The molecule has 0 saturated heterocycles. The zero-order valence-corrected chi connectivity index (χ0v) is 21.6. The number of rotatable bonds is 6. The van der Waals surface area contributed by atoms with E-state index in [-0.39, 0.29) is 5.56 Å². The maximum Gasteiger partial charge on any atom is 0.258 e. The average molecular weight is 510 g/mol. The summed E-state index contributed by atoms with van der Waals surface area (Å²) in [6, 6.07) is 7.78. The average Bonchev–Trinajstić information content (AvgIpc) is 2.66. The summed E-state index contributed by atoms with van der Waals surface area (Å²) >= 11 is 3.53. The first-order valence-electron chi connectivity index (χ1n) is 10.9. The van der Waals surface area contributed by atoms with Gasteiger partial charge < -0.3 is 9.53 Å². The van der Waals surface area contributed by atoms with Crippen LogP contribution in [0.25, 0.3) is 5.57 Å². The minimum atomic E-state index is -2.10. The molecule has 0 radical (unpaired) electrons. The highest BCUT2D eigenvalue weighted by molar-refractivity contribution is 9.11. The first-order chi connectivity index (χ1) is 14.5. The molecule has 0 heterocycles. The van der Waals surface area contributed by atoms with Crippen molar-refractivity contribution >= 4 is 29.8 Å². The largest absolute Gasteiger partial charge is 0.543 e. The number of hydrogen-bond acceptors (Lipinski definition) is 2. The molecule has 0 saturated carbocycles. The Hall–Kier alpha value is -1.66. The van der Waals surface area contributed by atoms with Crippen molar-refractivity contribution in [1.29, 1.82) is 0 Å². The first-order valence-corrected chi connectivity index (χ1v) is 13.8. The predicted molar refractivity (Wildman–Crippen MR) is 129 cm³/mol. The van der Waals surface area contributed by atoms with Crippen LogP contribution in [0.5, 0.6) is 11.5 Å². The maximum absolute atomic E-state index is 14.7. The van der Waals surface area contributed by atoms with Crippen LogP contribution in [0.15, 0.2) is 34.8 Å². The topological polar surface area (TPSA) is 29.5 Å². The highest BCUT2D eigenvalue weighted by atomic mass is 79.9. The van der Waals surface area contributed by atoms with Crippen LogP contribution in [-0.2, 0) is 6.42 Å². The van der Waals surface area contributed by atoms with Crippen LogP contribution in [0.3, 0.4) is 0 Å². The molecule has 3 rings (SSSR count). The van der Waals surface area contributed by atoms with Gasteiger partial charge in [-0.25, -0.2) is 8.78 Å². The normalized spacial score (nSPS) is 14.6. The molecule has 0 fully saturated rings. The molecule has 0 amide bonds. The van der Waals surface area contributed by atoms with Crippen LogP contribution in [0.4, 0.5) is 8.78 Å². The third-order valence-electron chi connectivity index (χ3n) is 6.51. The molecule has 0 aromatic heterocycles. The highest BCUT2D eigenvalue weighted by Crippen LogP contribution is 2.45. The first kappa shape index (κ1) is 24.0. The van der Waals surface area contributed by atoms with Gasteiger partial charge in [0.15, 0.2) is 0 Å². The second-order valence-electron chi connectivity index (χ2n) is 9.30. The van der Waals surface area contributed by atoms with Crippen LogP contribution in [-0.4, -0.2) is 13.4 Å². The molecular formula is C25H31BrF2O2Si. The van der Waals surface area contributed by atoms with Gasteiger partial charge in [-0.2, -0.15) is 0 Å². The van der Waals surface area contributed by atoms with Gasteiger partial charge >= 0.3 is 0 Å². The molecule has 1 aliphatic rings. The van der Waals surface area contributed by atoms with Crippen LogP contribution >= 0.6 is 15.9 Å². The summed E-state index contributed by atoms with van der Waals surface area (Å²) in [5, 5.41) is 9.54. The maximum atomic E-state index is 14.7. The third-order valence-corrected chi connectivity index (χ3v) is 13.3. The number of aryl methyl sites for hydroxylation is 1. The number of hydrogen-bond donors (Lipinski definition) is 1. The second-order valence-corrected chi connectivity index (χ2v) is 15.6. The lowest BCUT2D eigenvalue weighted by molar-refractivity contribution is 0.459. The number of aromatic hydroxyl groups is 1. The summed E-state index contributed by atoms with van der Waals surface area (Å²) in [6.07, 6.45) is 1.41. The van der Waals surface area contributed by atoms with Gasteiger partial charge in [0.2, 0.25) is 0 Å². The van der Waals surface area contributed by atoms with Crippen molar-refractivity contribution in [2.45, 2.75) is 71.0 Å². The minimum Gasteiger partial charge on any atom is -0.543 e. The fourth-order valence-corrected chi connectivity index (χ4v) is 11.1. The quantitative estimate of drug-likeness (QED) is 0.397. The van der Waals surface area contributed by atoms with Crippen molar-refractivity contribution in [3.63, 3.8) is 0 Å². The molecule has 2 aromatic carbocycles.